The number of rotatable bonds is 2. The van der Waals surface area contributed by atoms with Gasteiger partial charge in [-0.15, -0.1) is 0 Å². The molecule has 0 aliphatic rings. The molecule has 0 saturated carbocycles. The average molecular weight is 261 g/mol. The molecule has 0 radical (unpaired) electrons. The predicted molar refractivity (Wildman–Crippen MR) is 48.5 cm³/mol. The largest absolute Gasteiger partial charge is 0.307 e. The molecule has 14 heavy (non-hydrogen) atoms. The Labute approximate surface area is 85.5 Å². The quantitative estimate of drug-likeness (QED) is 0.355. The van der Waals surface area contributed by atoms with E-state index in [9.17, 15) is 19.3 Å². The minimum Gasteiger partial charge on any atom is -0.258 e. The fourth-order valence-electron chi connectivity index (χ4n) is 0.801. The number of hydrogen-bond donors (Lipinski definition) is 0. The van der Waals surface area contributed by atoms with Gasteiger partial charge < -0.3 is 0 Å². The van der Waals surface area contributed by atoms with Gasteiger partial charge in [-0.05, 0) is 22.0 Å². The Balaban J connectivity index is 3.41. The molecule has 5 nitrogen and oxygen atoms in total. The van der Waals surface area contributed by atoms with Crippen molar-refractivity contribution in [3.63, 3.8) is 0 Å². The lowest BCUT2D eigenvalue weighted by Gasteiger charge is -1.97. The van der Waals surface area contributed by atoms with Crippen LogP contribution in [0.2, 0.25) is 0 Å². The van der Waals surface area contributed by atoms with Crippen molar-refractivity contribution >= 4 is 33.4 Å². The van der Waals surface area contributed by atoms with Gasteiger partial charge in [0.05, 0.1) is 10.6 Å². The molecule has 0 aliphatic heterocycles. The fraction of sp³-hybridized carbons (Fsp3) is 0. The molecular formula is C7H2BrFN2O3. The summed E-state index contributed by atoms with van der Waals surface area (Å²) in [6.45, 7) is 0. The van der Waals surface area contributed by atoms with Crippen molar-refractivity contribution in [2.45, 2.75) is 0 Å². The molecule has 7 heteroatoms. The van der Waals surface area contributed by atoms with Crippen molar-refractivity contribution in [1.82, 2.24) is 0 Å². The van der Waals surface area contributed by atoms with Gasteiger partial charge in [-0.2, -0.15) is 9.38 Å². The van der Waals surface area contributed by atoms with E-state index in [0.717, 1.165) is 12.1 Å². The molecule has 0 saturated heterocycles. The summed E-state index contributed by atoms with van der Waals surface area (Å²) in [5.41, 5.74) is -0.768. The maximum absolute atomic E-state index is 12.9. The van der Waals surface area contributed by atoms with Crippen LogP contribution in [0, 0.1) is 15.9 Å². The lowest BCUT2D eigenvalue weighted by Crippen LogP contribution is -1.92. The number of isocyanates is 1. The smallest absolute Gasteiger partial charge is 0.258 e. The summed E-state index contributed by atoms with van der Waals surface area (Å²) in [6, 6.07) is 1.72. The second-order valence-corrected chi connectivity index (χ2v) is 3.07. The van der Waals surface area contributed by atoms with Gasteiger partial charge in [0.15, 0.2) is 0 Å². The van der Waals surface area contributed by atoms with Gasteiger partial charge in [0, 0.05) is 10.5 Å². The lowest BCUT2D eigenvalue weighted by atomic mass is 10.3. The SMILES string of the molecule is O=C=Nc1cc([N+](=O)[O-])c(F)cc1Br. The topological polar surface area (TPSA) is 72.6 Å². The monoisotopic (exact) mass is 260 g/mol. The van der Waals surface area contributed by atoms with Crippen LogP contribution in [-0.2, 0) is 4.79 Å². The van der Waals surface area contributed by atoms with Crippen LogP contribution in [0.5, 0.6) is 0 Å². The van der Waals surface area contributed by atoms with Crippen LogP contribution in [0.3, 0.4) is 0 Å². The second kappa shape index (κ2) is 4.08. The molecule has 0 fully saturated rings. The van der Waals surface area contributed by atoms with Crippen molar-refractivity contribution < 1.29 is 14.1 Å². The van der Waals surface area contributed by atoms with Crippen LogP contribution in [0.25, 0.3) is 0 Å². The van der Waals surface area contributed by atoms with Gasteiger partial charge >= 0.3 is 5.69 Å². The Kier molecular flexibility index (Phi) is 3.06. The fourth-order valence-corrected chi connectivity index (χ4v) is 1.21. The van der Waals surface area contributed by atoms with Gasteiger partial charge in [-0.1, -0.05) is 0 Å². The number of halogens is 2. The van der Waals surface area contributed by atoms with E-state index in [1.165, 1.54) is 6.08 Å². The molecule has 72 valence electrons. The van der Waals surface area contributed by atoms with Crippen molar-refractivity contribution in [1.29, 1.82) is 0 Å². The van der Waals surface area contributed by atoms with Crippen molar-refractivity contribution in [3.8, 4) is 0 Å². The molecule has 0 aliphatic carbocycles. The number of hydrogen-bond acceptors (Lipinski definition) is 4. The van der Waals surface area contributed by atoms with E-state index >= 15 is 0 Å². The summed E-state index contributed by atoms with van der Waals surface area (Å²) in [6.07, 6.45) is 1.21. The highest BCUT2D eigenvalue weighted by atomic mass is 79.9. The van der Waals surface area contributed by atoms with Gasteiger partial charge in [0.1, 0.15) is 0 Å². The molecule has 0 bridgehead atoms. The first kappa shape index (κ1) is 10.5. The molecule has 0 spiro atoms. The first-order valence-electron chi connectivity index (χ1n) is 3.27. The number of nitrogens with zero attached hydrogens (tertiary/aromatic N) is 2. The van der Waals surface area contributed by atoms with Gasteiger partial charge in [0.2, 0.25) is 11.9 Å². The first-order chi connectivity index (χ1) is 6.56. The third-order valence-electron chi connectivity index (χ3n) is 1.38. The Hall–Kier alpha value is -1.59. The van der Waals surface area contributed by atoms with Crippen LogP contribution in [0.15, 0.2) is 21.6 Å². The molecule has 1 aromatic rings. The van der Waals surface area contributed by atoms with E-state index < -0.39 is 16.4 Å². The molecular weight excluding hydrogens is 259 g/mol. The lowest BCUT2D eigenvalue weighted by molar-refractivity contribution is -0.387. The summed E-state index contributed by atoms with van der Waals surface area (Å²) in [4.78, 5) is 22.5. The van der Waals surface area contributed by atoms with Gasteiger partial charge in [0.25, 0.3) is 0 Å². The third kappa shape index (κ3) is 2.01. The van der Waals surface area contributed by atoms with E-state index in [1.54, 1.807) is 0 Å². The van der Waals surface area contributed by atoms with E-state index in [1.807, 2.05) is 0 Å². The number of benzene rings is 1. The Morgan fingerprint density at radius 2 is 2.21 bits per heavy atom. The molecule has 1 aromatic carbocycles. The predicted octanol–water partition coefficient (Wildman–Crippen LogP) is 2.46. The second-order valence-electron chi connectivity index (χ2n) is 2.22. The summed E-state index contributed by atoms with van der Waals surface area (Å²) < 4.78 is 13.1. The summed E-state index contributed by atoms with van der Waals surface area (Å²) in [5.74, 6) is -0.994. The highest BCUT2D eigenvalue weighted by molar-refractivity contribution is 9.10. The molecule has 0 amide bonds. The molecule has 0 atom stereocenters. The zero-order valence-electron chi connectivity index (χ0n) is 6.53. The number of aliphatic imine (C=N–C) groups is 1. The van der Waals surface area contributed by atoms with Crippen molar-refractivity contribution in [2.24, 2.45) is 4.99 Å². The Morgan fingerprint density at radius 1 is 1.57 bits per heavy atom. The normalized spacial score (nSPS) is 9.29. The van der Waals surface area contributed by atoms with Gasteiger partial charge in [-0.3, -0.25) is 10.1 Å². The summed E-state index contributed by atoms with van der Waals surface area (Å²) >= 11 is 2.90. The van der Waals surface area contributed by atoms with E-state index in [-0.39, 0.29) is 10.2 Å². The molecule has 0 heterocycles. The molecule has 1 rings (SSSR count). The van der Waals surface area contributed by atoms with Crippen LogP contribution >= 0.6 is 15.9 Å². The van der Waals surface area contributed by atoms with Crippen molar-refractivity contribution in [3.05, 3.63) is 32.5 Å². The number of nitro groups is 1. The average Bonchev–Trinajstić information content (AvgIpc) is 2.09. The van der Waals surface area contributed by atoms with Crippen molar-refractivity contribution in [2.75, 3.05) is 0 Å². The highest BCUT2D eigenvalue weighted by Crippen LogP contribution is 2.31. The third-order valence-corrected chi connectivity index (χ3v) is 2.01. The van der Waals surface area contributed by atoms with Gasteiger partial charge in [-0.25, -0.2) is 4.79 Å². The van der Waals surface area contributed by atoms with E-state index in [2.05, 4.69) is 20.9 Å². The Bertz CT molecular complexity index is 420. The highest BCUT2D eigenvalue weighted by Gasteiger charge is 2.16. The van der Waals surface area contributed by atoms with E-state index in [4.69, 9.17) is 0 Å². The maximum atomic E-state index is 12.9. The number of nitro benzene ring substituents is 1. The zero-order chi connectivity index (χ0) is 10.7. The zero-order valence-corrected chi connectivity index (χ0v) is 8.12. The summed E-state index contributed by atoms with van der Waals surface area (Å²) in [5, 5.41) is 10.3. The molecule has 0 N–H and O–H groups in total. The minimum absolute atomic E-state index is 0.0342. The minimum atomic E-state index is -0.994. The van der Waals surface area contributed by atoms with Crippen LogP contribution in [0.1, 0.15) is 0 Å². The Morgan fingerprint density at radius 3 is 2.71 bits per heavy atom. The van der Waals surface area contributed by atoms with Crippen LogP contribution in [0.4, 0.5) is 15.8 Å². The van der Waals surface area contributed by atoms with Crippen LogP contribution in [-0.4, -0.2) is 11.0 Å². The standard InChI is InChI=1S/C7H2BrFN2O3/c8-4-1-5(9)7(11(13)14)2-6(4)10-3-12/h1-2H. The molecule has 0 unspecified atom stereocenters. The number of carbonyl (C=O) groups excluding carboxylic acids is 1. The maximum Gasteiger partial charge on any atom is 0.307 e. The molecule has 0 aromatic heterocycles. The summed E-state index contributed by atoms with van der Waals surface area (Å²) in [7, 11) is 0. The van der Waals surface area contributed by atoms with Crippen LogP contribution < -0.4 is 0 Å². The van der Waals surface area contributed by atoms with E-state index in [0.29, 0.717) is 0 Å². The first-order valence-corrected chi connectivity index (χ1v) is 4.07.